The lowest BCUT2D eigenvalue weighted by atomic mass is 10.2. The Morgan fingerprint density at radius 2 is 1.86 bits per heavy atom. The van der Waals surface area contributed by atoms with E-state index in [1.165, 1.54) is 18.2 Å². The van der Waals surface area contributed by atoms with Crippen molar-refractivity contribution in [3.05, 3.63) is 58.9 Å². The summed E-state index contributed by atoms with van der Waals surface area (Å²) in [6.45, 7) is 0. The van der Waals surface area contributed by atoms with Gasteiger partial charge in [-0.1, -0.05) is 23.7 Å². The van der Waals surface area contributed by atoms with Crippen LogP contribution in [0.3, 0.4) is 0 Å². The molecule has 0 atom stereocenters. The van der Waals surface area contributed by atoms with Gasteiger partial charge in [-0.05, 0) is 30.3 Å². The zero-order chi connectivity index (χ0) is 15.6. The molecular weight excluding hydrogens is 321 g/mol. The Morgan fingerprint density at radius 1 is 1.19 bits per heavy atom. The quantitative estimate of drug-likeness (QED) is 0.924. The van der Waals surface area contributed by atoms with Crippen LogP contribution in [0.4, 0.5) is 10.1 Å². The Labute approximate surface area is 125 Å². The van der Waals surface area contributed by atoms with Crippen molar-refractivity contribution in [2.45, 2.75) is 4.90 Å². The molecule has 0 heterocycles. The molecule has 110 valence electrons. The van der Waals surface area contributed by atoms with Crippen LogP contribution in [0, 0.1) is 5.82 Å². The molecule has 5 nitrogen and oxygen atoms in total. The number of aromatic carboxylic acids is 1. The lowest BCUT2D eigenvalue weighted by molar-refractivity contribution is -0.255. The van der Waals surface area contributed by atoms with Gasteiger partial charge in [-0.2, -0.15) is 0 Å². The molecule has 2 rings (SSSR count). The second-order valence-electron chi connectivity index (χ2n) is 4.01. The number of benzene rings is 2. The fourth-order valence-corrected chi connectivity index (χ4v) is 2.86. The minimum atomic E-state index is -4.15. The zero-order valence-electron chi connectivity index (χ0n) is 10.3. The minimum Gasteiger partial charge on any atom is -0.545 e. The first kappa shape index (κ1) is 15.3. The Morgan fingerprint density at radius 3 is 2.48 bits per heavy atom. The molecule has 2 aromatic carbocycles. The molecule has 21 heavy (non-hydrogen) atoms. The number of sulfonamides is 1. The summed E-state index contributed by atoms with van der Waals surface area (Å²) in [5.41, 5.74) is -0.712. The fourth-order valence-electron chi connectivity index (χ4n) is 1.58. The second-order valence-corrected chi connectivity index (χ2v) is 6.10. The highest BCUT2D eigenvalue weighted by molar-refractivity contribution is 7.92. The summed E-state index contributed by atoms with van der Waals surface area (Å²) in [6.07, 6.45) is 0. The number of carbonyl (C=O) groups excluding carboxylic acids is 1. The SMILES string of the molecule is O=C([O-])c1cc(S(=O)(=O)Nc2ccccc2F)ccc1Cl. The monoisotopic (exact) mass is 328 g/mol. The van der Waals surface area contributed by atoms with Gasteiger partial charge in [0.1, 0.15) is 5.82 Å². The number of halogens is 2. The maximum absolute atomic E-state index is 13.5. The first-order valence-electron chi connectivity index (χ1n) is 5.59. The first-order valence-corrected chi connectivity index (χ1v) is 7.45. The molecule has 0 aliphatic carbocycles. The van der Waals surface area contributed by atoms with Gasteiger partial charge in [0.15, 0.2) is 0 Å². The van der Waals surface area contributed by atoms with E-state index in [1.54, 1.807) is 0 Å². The molecule has 0 aliphatic heterocycles. The van der Waals surface area contributed by atoms with E-state index in [1.807, 2.05) is 4.72 Å². The van der Waals surface area contributed by atoms with Gasteiger partial charge in [-0.25, -0.2) is 12.8 Å². The highest BCUT2D eigenvalue weighted by atomic mass is 35.5. The number of nitrogens with one attached hydrogen (secondary N) is 1. The number of carboxylic acid groups (broad SMARTS) is 1. The predicted molar refractivity (Wildman–Crippen MR) is 73.0 cm³/mol. The van der Waals surface area contributed by atoms with Gasteiger partial charge in [-0.3, -0.25) is 4.72 Å². The largest absolute Gasteiger partial charge is 0.545 e. The number of rotatable bonds is 4. The van der Waals surface area contributed by atoms with Crippen LogP contribution in [0.25, 0.3) is 0 Å². The third kappa shape index (κ3) is 3.32. The summed E-state index contributed by atoms with van der Waals surface area (Å²) < 4.78 is 39.7. The van der Waals surface area contributed by atoms with Crippen molar-refractivity contribution in [1.29, 1.82) is 0 Å². The van der Waals surface area contributed by atoms with Crippen LogP contribution in [-0.2, 0) is 10.0 Å². The standard InChI is InChI=1S/C13H9ClFNO4S/c14-10-6-5-8(7-9(10)13(17)18)21(19,20)16-12-4-2-1-3-11(12)15/h1-7,16H,(H,17,18)/p-1. The Balaban J connectivity index is 2.43. The van der Waals surface area contributed by atoms with Gasteiger partial charge in [0.2, 0.25) is 0 Å². The van der Waals surface area contributed by atoms with Gasteiger partial charge < -0.3 is 9.90 Å². The topological polar surface area (TPSA) is 86.3 Å². The van der Waals surface area contributed by atoms with Gasteiger partial charge >= 0.3 is 0 Å². The Kier molecular flexibility index (Phi) is 4.15. The maximum Gasteiger partial charge on any atom is 0.262 e. The van der Waals surface area contributed by atoms with Crippen LogP contribution in [0.2, 0.25) is 5.02 Å². The minimum absolute atomic E-state index is 0.153. The molecule has 0 unspecified atom stereocenters. The van der Waals surface area contributed by atoms with Crippen molar-refractivity contribution >= 4 is 33.3 Å². The Hall–Kier alpha value is -2.12. The van der Waals surface area contributed by atoms with Crippen molar-refractivity contribution in [1.82, 2.24) is 0 Å². The highest BCUT2D eigenvalue weighted by Crippen LogP contribution is 2.23. The molecular formula is C13H8ClFNO4S-. The summed E-state index contributed by atoms with van der Waals surface area (Å²) in [4.78, 5) is 10.5. The predicted octanol–water partition coefficient (Wildman–Crippen LogP) is 1.64. The van der Waals surface area contributed by atoms with Crippen LogP contribution in [0.1, 0.15) is 10.4 Å². The molecule has 0 amide bonds. The number of carboxylic acids is 1. The normalized spacial score (nSPS) is 11.1. The van der Waals surface area contributed by atoms with E-state index in [0.29, 0.717) is 0 Å². The van der Waals surface area contributed by atoms with Gasteiger partial charge in [-0.15, -0.1) is 0 Å². The number of anilines is 1. The number of hydrogen-bond donors (Lipinski definition) is 1. The van der Waals surface area contributed by atoms with E-state index in [9.17, 15) is 22.7 Å². The number of para-hydroxylation sites is 1. The van der Waals surface area contributed by atoms with Crippen LogP contribution in [0.15, 0.2) is 47.4 Å². The van der Waals surface area contributed by atoms with E-state index in [0.717, 1.165) is 24.3 Å². The lowest BCUT2D eigenvalue weighted by Gasteiger charge is -2.11. The van der Waals surface area contributed by atoms with E-state index >= 15 is 0 Å². The molecule has 0 radical (unpaired) electrons. The van der Waals surface area contributed by atoms with Crippen LogP contribution >= 0.6 is 11.6 Å². The fraction of sp³-hybridized carbons (Fsp3) is 0. The van der Waals surface area contributed by atoms with Crippen LogP contribution in [-0.4, -0.2) is 14.4 Å². The first-order chi connectivity index (χ1) is 9.81. The number of carbonyl (C=O) groups is 1. The summed E-state index contributed by atoms with van der Waals surface area (Å²) in [5.74, 6) is -2.36. The van der Waals surface area contributed by atoms with E-state index in [4.69, 9.17) is 11.6 Å². The van der Waals surface area contributed by atoms with E-state index in [2.05, 4.69) is 0 Å². The van der Waals surface area contributed by atoms with Crippen molar-refractivity contribution in [2.24, 2.45) is 0 Å². The smallest absolute Gasteiger partial charge is 0.262 e. The zero-order valence-corrected chi connectivity index (χ0v) is 11.9. The van der Waals surface area contributed by atoms with Crippen LogP contribution < -0.4 is 9.83 Å². The van der Waals surface area contributed by atoms with Gasteiger partial charge in [0.25, 0.3) is 10.0 Å². The molecule has 0 saturated heterocycles. The van der Waals surface area contributed by atoms with Gasteiger partial charge in [0.05, 0.1) is 16.6 Å². The van der Waals surface area contributed by atoms with Crippen LogP contribution in [0.5, 0.6) is 0 Å². The summed E-state index contributed by atoms with van der Waals surface area (Å²) in [7, 11) is -4.15. The van der Waals surface area contributed by atoms with Crippen molar-refractivity contribution < 1.29 is 22.7 Å². The lowest BCUT2D eigenvalue weighted by Crippen LogP contribution is -2.23. The Bertz CT molecular complexity index is 808. The average molecular weight is 329 g/mol. The third-order valence-electron chi connectivity index (χ3n) is 2.59. The summed E-state index contributed by atoms with van der Waals surface area (Å²) in [5, 5.41) is 10.7. The molecule has 2 aromatic rings. The molecule has 1 N–H and O–H groups in total. The molecule has 0 aromatic heterocycles. The number of hydrogen-bond acceptors (Lipinski definition) is 4. The maximum atomic E-state index is 13.5. The van der Waals surface area contributed by atoms with E-state index in [-0.39, 0.29) is 15.6 Å². The van der Waals surface area contributed by atoms with Crippen molar-refractivity contribution in [3.8, 4) is 0 Å². The summed E-state index contributed by atoms with van der Waals surface area (Å²) >= 11 is 5.63. The van der Waals surface area contributed by atoms with E-state index < -0.39 is 27.4 Å². The second kappa shape index (κ2) is 5.71. The third-order valence-corrected chi connectivity index (χ3v) is 4.28. The molecule has 0 saturated carbocycles. The van der Waals surface area contributed by atoms with Crippen molar-refractivity contribution in [2.75, 3.05) is 4.72 Å². The summed E-state index contributed by atoms with van der Waals surface area (Å²) in [6, 6.07) is 8.26. The molecule has 0 bridgehead atoms. The van der Waals surface area contributed by atoms with Crippen molar-refractivity contribution in [3.63, 3.8) is 0 Å². The highest BCUT2D eigenvalue weighted by Gasteiger charge is 2.17. The molecule has 0 aliphatic rings. The molecule has 0 fully saturated rings. The van der Waals surface area contributed by atoms with Gasteiger partial charge in [0, 0.05) is 10.6 Å². The average Bonchev–Trinajstić information content (AvgIpc) is 2.41. The molecule has 8 heteroatoms. The molecule has 0 spiro atoms.